The highest BCUT2D eigenvalue weighted by molar-refractivity contribution is 5.56. The van der Waals surface area contributed by atoms with Gasteiger partial charge in [0.2, 0.25) is 0 Å². The molecule has 0 spiro atoms. The van der Waals surface area contributed by atoms with E-state index in [1.807, 2.05) is 12.1 Å². The standard InChI is InChI=1S/C18H23NO2/c1-12-6-8-14(18(2,3)4)16(10-12)21-13-7-9-15(19)17(11-13)20-5/h6-11H,19H2,1-5H3. The van der Waals surface area contributed by atoms with Crippen LogP contribution >= 0.6 is 0 Å². The Hall–Kier alpha value is -2.16. The number of nitrogen functional groups attached to an aromatic ring is 1. The molecule has 0 aliphatic heterocycles. The third kappa shape index (κ3) is 3.48. The summed E-state index contributed by atoms with van der Waals surface area (Å²) in [7, 11) is 1.60. The highest BCUT2D eigenvalue weighted by Crippen LogP contribution is 2.36. The van der Waals surface area contributed by atoms with Gasteiger partial charge in [0.25, 0.3) is 0 Å². The smallest absolute Gasteiger partial charge is 0.145 e. The number of hydrogen-bond acceptors (Lipinski definition) is 3. The first-order valence-electron chi connectivity index (χ1n) is 7.04. The predicted octanol–water partition coefficient (Wildman–Crippen LogP) is 4.68. The van der Waals surface area contributed by atoms with Gasteiger partial charge >= 0.3 is 0 Å². The van der Waals surface area contributed by atoms with Crippen molar-refractivity contribution in [3.63, 3.8) is 0 Å². The Balaban J connectivity index is 2.41. The average Bonchev–Trinajstić information content (AvgIpc) is 2.39. The summed E-state index contributed by atoms with van der Waals surface area (Å²) in [5.41, 5.74) is 8.79. The molecule has 0 heterocycles. The van der Waals surface area contributed by atoms with E-state index in [0.717, 1.165) is 11.5 Å². The van der Waals surface area contributed by atoms with Gasteiger partial charge in [-0.2, -0.15) is 0 Å². The molecule has 0 saturated carbocycles. The molecule has 0 radical (unpaired) electrons. The zero-order valence-electron chi connectivity index (χ0n) is 13.4. The molecule has 0 aromatic heterocycles. The molecule has 21 heavy (non-hydrogen) atoms. The van der Waals surface area contributed by atoms with Crippen LogP contribution in [0.2, 0.25) is 0 Å². The van der Waals surface area contributed by atoms with Crippen molar-refractivity contribution in [3.8, 4) is 17.2 Å². The van der Waals surface area contributed by atoms with Gasteiger partial charge in [0.05, 0.1) is 12.8 Å². The second kappa shape index (κ2) is 5.68. The normalized spacial score (nSPS) is 11.3. The van der Waals surface area contributed by atoms with Crippen LogP contribution in [0.15, 0.2) is 36.4 Å². The Morgan fingerprint density at radius 3 is 2.29 bits per heavy atom. The Morgan fingerprint density at radius 1 is 0.952 bits per heavy atom. The monoisotopic (exact) mass is 285 g/mol. The molecule has 0 unspecified atom stereocenters. The Morgan fingerprint density at radius 2 is 1.67 bits per heavy atom. The van der Waals surface area contributed by atoms with Crippen molar-refractivity contribution in [3.05, 3.63) is 47.5 Å². The van der Waals surface area contributed by atoms with Crippen molar-refractivity contribution in [1.29, 1.82) is 0 Å². The van der Waals surface area contributed by atoms with Crippen molar-refractivity contribution in [2.75, 3.05) is 12.8 Å². The third-order valence-electron chi connectivity index (χ3n) is 3.38. The SMILES string of the molecule is COc1cc(Oc2cc(C)ccc2C(C)(C)C)ccc1N. The van der Waals surface area contributed by atoms with E-state index in [-0.39, 0.29) is 5.41 Å². The minimum atomic E-state index is 0.0148. The number of benzene rings is 2. The number of methoxy groups -OCH3 is 1. The van der Waals surface area contributed by atoms with Gasteiger partial charge in [0.15, 0.2) is 0 Å². The number of anilines is 1. The molecule has 2 aromatic rings. The van der Waals surface area contributed by atoms with E-state index in [1.165, 1.54) is 11.1 Å². The average molecular weight is 285 g/mol. The zero-order chi connectivity index (χ0) is 15.6. The lowest BCUT2D eigenvalue weighted by Crippen LogP contribution is -2.12. The van der Waals surface area contributed by atoms with Crippen molar-refractivity contribution in [2.45, 2.75) is 33.1 Å². The van der Waals surface area contributed by atoms with E-state index in [0.29, 0.717) is 11.4 Å². The van der Waals surface area contributed by atoms with E-state index in [2.05, 4.69) is 45.9 Å². The molecule has 3 heteroatoms. The summed E-state index contributed by atoms with van der Waals surface area (Å²) in [6, 6.07) is 11.7. The second-order valence-electron chi connectivity index (χ2n) is 6.26. The van der Waals surface area contributed by atoms with Gasteiger partial charge in [-0.25, -0.2) is 0 Å². The van der Waals surface area contributed by atoms with Crippen molar-refractivity contribution >= 4 is 5.69 Å². The van der Waals surface area contributed by atoms with Crippen LogP contribution in [-0.2, 0) is 5.41 Å². The van der Waals surface area contributed by atoms with Crippen LogP contribution in [0.4, 0.5) is 5.69 Å². The number of rotatable bonds is 3. The van der Waals surface area contributed by atoms with Crippen LogP contribution in [0, 0.1) is 6.92 Å². The third-order valence-corrected chi connectivity index (χ3v) is 3.38. The summed E-state index contributed by atoms with van der Waals surface area (Å²) in [6.07, 6.45) is 0. The first-order chi connectivity index (χ1) is 9.81. The molecule has 0 bridgehead atoms. The molecule has 0 saturated heterocycles. The minimum Gasteiger partial charge on any atom is -0.494 e. The van der Waals surface area contributed by atoms with Crippen molar-refractivity contribution in [2.24, 2.45) is 0 Å². The van der Waals surface area contributed by atoms with Gasteiger partial charge in [-0.3, -0.25) is 0 Å². The van der Waals surface area contributed by atoms with Gasteiger partial charge in [-0.05, 0) is 36.1 Å². The van der Waals surface area contributed by atoms with Crippen LogP contribution in [0.25, 0.3) is 0 Å². The van der Waals surface area contributed by atoms with Crippen molar-refractivity contribution in [1.82, 2.24) is 0 Å². The molecule has 0 amide bonds. The molecule has 0 aliphatic carbocycles. The Labute approximate surface area is 126 Å². The minimum absolute atomic E-state index is 0.0148. The van der Waals surface area contributed by atoms with Gasteiger partial charge in [-0.1, -0.05) is 32.9 Å². The predicted molar refractivity (Wildman–Crippen MR) is 87.4 cm³/mol. The van der Waals surface area contributed by atoms with E-state index < -0.39 is 0 Å². The maximum absolute atomic E-state index is 6.08. The molecule has 0 atom stereocenters. The largest absolute Gasteiger partial charge is 0.494 e. The highest BCUT2D eigenvalue weighted by atomic mass is 16.5. The van der Waals surface area contributed by atoms with Crippen LogP contribution in [0.1, 0.15) is 31.9 Å². The maximum Gasteiger partial charge on any atom is 0.145 e. The van der Waals surface area contributed by atoms with E-state index >= 15 is 0 Å². The van der Waals surface area contributed by atoms with E-state index in [9.17, 15) is 0 Å². The van der Waals surface area contributed by atoms with E-state index in [1.54, 1.807) is 13.2 Å². The number of hydrogen-bond donors (Lipinski definition) is 1. The number of nitrogens with two attached hydrogens (primary N) is 1. The van der Waals surface area contributed by atoms with Gasteiger partial charge in [0.1, 0.15) is 17.2 Å². The summed E-state index contributed by atoms with van der Waals surface area (Å²) >= 11 is 0. The lowest BCUT2D eigenvalue weighted by atomic mass is 9.86. The number of aryl methyl sites for hydroxylation is 1. The van der Waals surface area contributed by atoms with Gasteiger partial charge in [-0.15, -0.1) is 0 Å². The Bertz CT molecular complexity index is 642. The molecule has 112 valence electrons. The summed E-state index contributed by atoms with van der Waals surface area (Å²) in [5, 5.41) is 0. The summed E-state index contributed by atoms with van der Waals surface area (Å²) in [4.78, 5) is 0. The van der Waals surface area contributed by atoms with Crippen molar-refractivity contribution < 1.29 is 9.47 Å². The quantitative estimate of drug-likeness (QED) is 0.833. The maximum atomic E-state index is 6.08. The topological polar surface area (TPSA) is 44.5 Å². The van der Waals surface area contributed by atoms with Crippen LogP contribution in [0.5, 0.6) is 17.2 Å². The molecular weight excluding hydrogens is 262 g/mol. The molecule has 2 rings (SSSR count). The van der Waals surface area contributed by atoms with Crippen LogP contribution in [0.3, 0.4) is 0 Å². The van der Waals surface area contributed by atoms with Crippen LogP contribution < -0.4 is 15.2 Å². The molecular formula is C18H23NO2. The van der Waals surface area contributed by atoms with Gasteiger partial charge < -0.3 is 15.2 Å². The first kappa shape index (κ1) is 15.2. The fraction of sp³-hybridized carbons (Fsp3) is 0.333. The fourth-order valence-electron chi connectivity index (χ4n) is 2.22. The molecule has 0 aliphatic rings. The number of ether oxygens (including phenoxy) is 2. The zero-order valence-corrected chi connectivity index (χ0v) is 13.4. The molecule has 2 N–H and O–H groups in total. The van der Waals surface area contributed by atoms with E-state index in [4.69, 9.17) is 15.2 Å². The summed E-state index contributed by atoms with van der Waals surface area (Å²) in [5.74, 6) is 2.21. The lowest BCUT2D eigenvalue weighted by molar-refractivity contribution is 0.409. The lowest BCUT2D eigenvalue weighted by Gasteiger charge is -2.23. The summed E-state index contributed by atoms with van der Waals surface area (Å²) in [6.45, 7) is 8.58. The molecule has 0 fully saturated rings. The van der Waals surface area contributed by atoms with Crippen LogP contribution in [-0.4, -0.2) is 7.11 Å². The molecule has 2 aromatic carbocycles. The van der Waals surface area contributed by atoms with Gasteiger partial charge in [0, 0.05) is 11.6 Å². The summed E-state index contributed by atoms with van der Waals surface area (Å²) < 4.78 is 11.3. The molecule has 3 nitrogen and oxygen atoms in total. The fourth-order valence-corrected chi connectivity index (χ4v) is 2.22. The Kier molecular flexibility index (Phi) is 4.12. The highest BCUT2D eigenvalue weighted by Gasteiger charge is 2.19. The second-order valence-corrected chi connectivity index (χ2v) is 6.26. The first-order valence-corrected chi connectivity index (χ1v) is 7.04.